The Labute approximate surface area is 131 Å². The molecule has 6 heteroatoms. The molecular formula is C15H24N2O2S2. The topological polar surface area (TPSA) is 49.4 Å². The van der Waals surface area contributed by atoms with Gasteiger partial charge in [0.25, 0.3) is 10.0 Å². The van der Waals surface area contributed by atoms with Crippen LogP contribution in [0.1, 0.15) is 43.9 Å². The van der Waals surface area contributed by atoms with E-state index in [9.17, 15) is 8.42 Å². The summed E-state index contributed by atoms with van der Waals surface area (Å²) in [5.41, 5.74) is 0. The lowest BCUT2D eigenvalue weighted by Gasteiger charge is -2.31. The first-order valence-electron chi connectivity index (χ1n) is 7.91. The van der Waals surface area contributed by atoms with Gasteiger partial charge in [0.05, 0.1) is 0 Å². The molecule has 1 saturated heterocycles. The molecule has 4 nitrogen and oxygen atoms in total. The molecule has 1 atom stereocenters. The maximum atomic E-state index is 12.7. The molecule has 1 aromatic rings. The van der Waals surface area contributed by atoms with Gasteiger partial charge in [0, 0.05) is 30.1 Å². The van der Waals surface area contributed by atoms with E-state index in [0.717, 1.165) is 37.1 Å². The van der Waals surface area contributed by atoms with Crippen molar-refractivity contribution >= 4 is 21.4 Å². The lowest BCUT2D eigenvalue weighted by Crippen LogP contribution is -2.41. The van der Waals surface area contributed by atoms with Crippen LogP contribution >= 0.6 is 11.3 Å². The van der Waals surface area contributed by atoms with E-state index in [-0.39, 0.29) is 6.04 Å². The number of nitrogens with zero attached hydrogens (tertiary/aromatic N) is 1. The van der Waals surface area contributed by atoms with Crippen molar-refractivity contribution < 1.29 is 8.42 Å². The number of thiophene rings is 1. The highest BCUT2D eigenvalue weighted by molar-refractivity contribution is 7.91. The lowest BCUT2D eigenvalue weighted by atomic mass is 10.1. The second kappa shape index (κ2) is 6.36. The van der Waals surface area contributed by atoms with Crippen LogP contribution < -0.4 is 5.32 Å². The van der Waals surface area contributed by atoms with Gasteiger partial charge in [0.1, 0.15) is 4.21 Å². The predicted molar refractivity (Wildman–Crippen MR) is 86.3 cm³/mol. The largest absolute Gasteiger partial charge is 0.314 e. The van der Waals surface area contributed by atoms with Crippen molar-refractivity contribution in [3.8, 4) is 0 Å². The van der Waals surface area contributed by atoms with Gasteiger partial charge < -0.3 is 5.32 Å². The molecule has 118 valence electrons. The molecule has 1 unspecified atom stereocenters. The first-order valence-corrected chi connectivity index (χ1v) is 10.2. The van der Waals surface area contributed by atoms with Crippen molar-refractivity contribution in [3.05, 3.63) is 17.0 Å². The van der Waals surface area contributed by atoms with Gasteiger partial charge in [-0.2, -0.15) is 4.31 Å². The Morgan fingerprint density at radius 2 is 2.10 bits per heavy atom. The molecule has 21 heavy (non-hydrogen) atoms. The lowest BCUT2D eigenvalue weighted by molar-refractivity contribution is 0.269. The second-order valence-electron chi connectivity index (χ2n) is 6.16. The second-order valence-corrected chi connectivity index (χ2v) is 9.45. The fourth-order valence-electron chi connectivity index (χ4n) is 2.86. The number of sulfonamides is 1. The molecule has 0 amide bonds. The van der Waals surface area contributed by atoms with Crippen molar-refractivity contribution in [2.75, 3.05) is 13.1 Å². The average molecular weight is 329 g/mol. The van der Waals surface area contributed by atoms with E-state index in [4.69, 9.17) is 0 Å². The Kier molecular flexibility index (Phi) is 4.69. The summed E-state index contributed by atoms with van der Waals surface area (Å²) in [6, 6.07) is 4.60. The van der Waals surface area contributed by atoms with Gasteiger partial charge in [-0.1, -0.05) is 6.42 Å². The Hall–Kier alpha value is -0.430. The highest BCUT2D eigenvalue weighted by atomic mass is 32.2. The van der Waals surface area contributed by atoms with Gasteiger partial charge in [0.2, 0.25) is 0 Å². The summed E-state index contributed by atoms with van der Waals surface area (Å²) in [5, 5.41) is 3.47. The maximum absolute atomic E-state index is 12.7. The summed E-state index contributed by atoms with van der Waals surface area (Å²) < 4.78 is 27.6. The third-order valence-corrected chi connectivity index (χ3v) is 7.95. The van der Waals surface area contributed by atoms with E-state index in [1.54, 1.807) is 10.4 Å². The van der Waals surface area contributed by atoms with Crippen molar-refractivity contribution in [1.82, 2.24) is 9.62 Å². The predicted octanol–water partition coefficient (Wildman–Crippen LogP) is 2.61. The number of piperidine rings is 1. The monoisotopic (exact) mass is 328 g/mol. The normalized spacial score (nSPS) is 24.3. The van der Waals surface area contributed by atoms with Crippen LogP contribution in [-0.2, 0) is 16.4 Å². The Balaban J connectivity index is 1.65. The molecule has 0 radical (unpaired) electrons. The Bertz CT molecular complexity index is 578. The average Bonchev–Trinajstić information content (AvgIpc) is 3.14. The van der Waals surface area contributed by atoms with Crippen LogP contribution in [0, 0.1) is 0 Å². The van der Waals surface area contributed by atoms with Crippen molar-refractivity contribution in [3.63, 3.8) is 0 Å². The standard InChI is InChI=1S/C15H24N2O2S2/c1-12-4-2-3-11-17(12)21(18,19)15-8-7-14(20-15)9-10-16-13-5-6-13/h7-8,12-13,16H,2-6,9-11H2,1H3. The minimum Gasteiger partial charge on any atom is -0.314 e. The molecule has 1 aliphatic carbocycles. The van der Waals surface area contributed by atoms with Gasteiger partial charge in [-0.25, -0.2) is 8.42 Å². The van der Waals surface area contributed by atoms with Crippen LogP contribution in [0.15, 0.2) is 16.3 Å². The summed E-state index contributed by atoms with van der Waals surface area (Å²) in [7, 11) is -3.29. The number of hydrogen-bond acceptors (Lipinski definition) is 4. The van der Waals surface area contributed by atoms with Crippen molar-refractivity contribution in [2.24, 2.45) is 0 Å². The van der Waals surface area contributed by atoms with E-state index in [1.807, 2.05) is 13.0 Å². The van der Waals surface area contributed by atoms with Gasteiger partial charge in [-0.05, 0) is 51.2 Å². The highest BCUT2D eigenvalue weighted by Gasteiger charge is 2.32. The van der Waals surface area contributed by atoms with Crippen LogP contribution in [0.3, 0.4) is 0 Å². The number of nitrogens with one attached hydrogen (secondary N) is 1. The minimum atomic E-state index is -3.29. The summed E-state index contributed by atoms with van der Waals surface area (Å²) in [5.74, 6) is 0. The van der Waals surface area contributed by atoms with Crippen LogP contribution in [0.2, 0.25) is 0 Å². The van der Waals surface area contributed by atoms with Crippen LogP contribution in [0.4, 0.5) is 0 Å². The van der Waals surface area contributed by atoms with E-state index in [0.29, 0.717) is 16.8 Å². The molecular weight excluding hydrogens is 304 g/mol. The summed E-state index contributed by atoms with van der Waals surface area (Å²) in [6.07, 6.45) is 6.59. The van der Waals surface area contributed by atoms with Gasteiger partial charge >= 0.3 is 0 Å². The summed E-state index contributed by atoms with van der Waals surface area (Å²) in [6.45, 7) is 3.63. The molecule has 2 heterocycles. The van der Waals surface area contributed by atoms with E-state index >= 15 is 0 Å². The van der Waals surface area contributed by atoms with E-state index < -0.39 is 10.0 Å². The minimum absolute atomic E-state index is 0.130. The quantitative estimate of drug-likeness (QED) is 0.873. The van der Waals surface area contributed by atoms with Crippen LogP contribution in [0.5, 0.6) is 0 Å². The van der Waals surface area contributed by atoms with Gasteiger partial charge in [0.15, 0.2) is 0 Å². The SMILES string of the molecule is CC1CCCCN1S(=O)(=O)c1ccc(CCNC2CC2)s1. The van der Waals surface area contributed by atoms with E-state index in [2.05, 4.69) is 5.32 Å². The number of rotatable bonds is 6. The molecule has 0 spiro atoms. The molecule has 3 rings (SSSR count). The van der Waals surface area contributed by atoms with Crippen LogP contribution in [0.25, 0.3) is 0 Å². The van der Waals surface area contributed by atoms with Gasteiger partial charge in [-0.15, -0.1) is 11.3 Å². The Morgan fingerprint density at radius 1 is 1.29 bits per heavy atom. The molecule has 1 aliphatic heterocycles. The fourth-order valence-corrected chi connectivity index (χ4v) is 6.05. The molecule has 2 fully saturated rings. The third-order valence-electron chi connectivity index (χ3n) is 4.32. The van der Waals surface area contributed by atoms with Crippen molar-refractivity contribution in [1.29, 1.82) is 0 Å². The first-order chi connectivity index (χ1) is 10.1. The zero-order chi connectivity index (χ0) is 14.9. The Morgan fingerprint density at radius 3 is 2.81 bits per heavy atom. The fraction of sp³-hybridized carbons (Fsp3) is 0.733. The maximum Gasteiger partial charge on any atom is 0.252 e. The van der Waals surface area contributed by atoms with Gasteiger partial charge in [-0.3, -0.25) is 0 Å². The van der Waals surface area contributed by atoms with Crippen molar-refractivity contribution in [2.45, 2.75) is 61.7 Å². The van der Waals surface area contributed by atoms with Crippen LogP contribution in [-0.4, -0.2) is 37.9 Å². The number of hydrogen-bond donors (Lipinski definition) is 1. The molecule has 1 saturated carbocycles. The summed E-state index contributed by atoms with van der Waals surface area (Å²) in [4.78, 5) is 1.16. The molecule has 1 N–H and O–H groups in total. The smallest absolute Gasteiger partial charge is 0.252 e. The zero-order valence-electron chi connectivity index (χ0n) is 12.5. The summed E-state index contributed by atoms with van der Waals surface area (Å²) >= 11 is 1.44. The third kappa shape index (κ3) is 3.67. The molecule has 2 aliphatic rings. The first kappa shape index (κ1) is 15.5. The van der Waals surface area contributed by atoms with E-state index in [1.165, 1.54) is 24.2 Å². The molecule has 0 aromatic carbocycles. The molecule has 1 aromatic heterocycles. The zero-order valence-corrected chi connectivity index (χ0v) is 14.2. The highest BCUT2D eigenvalue weighted by Crippen LogP contribution is 2.29. The molecule has 0 bridgehead atoms.